The number of hydrogen-bond acceptors (Lipinski definition) is 8. The van der Waals surface area contributed by atoms with Crippen molar-refractivity contribution in [3.8, 4) is 16.3 Å². The summed E-state index contributed by atoms with van der Waals surface area (Å²) in [6, 6.07) is 17.0. The normalized spacial score (nSPS) is 13.4. The third-order valence-corrected chi connectivity index (χ3v) is 7.41. The molecule has 5 rings (SSSR count). The monoisotopic (exact) mass is 533 g/mol. The number of carbonyl (C=O) groups is 1. The number of phenolic OH excluding ortho intramolecular Hbond substituents is 1. The topological polar surface area (TPSA) is 121 Å². The first-order chi connectivity index (χ1) is 17.9. The lowest BCUT2D eigenvalue weighted by atomic mass is 10.1. The highest BCUT2D eigenvalue weighted by Crippen LogP contribution is 2.37. The number of amides is 1. The van der Waals surface area contributed by atoms with Crippen LogP contribution in [0.3, 0.4) is 0 Å². The predicted octanol–water partition coefficient (Wildman–Crippen LogP) is 5.69. The van der Waals surface area contributed by atoms with E-state index in [1.165, 1.54) is 23.5 Å². The number of thiocarbonyl (C=S) groups is 1. The average Bonchev–Trinajstić information content (AvgIpc) is 3.34. The lowest BCUT2D eigenvalue weighted by molar-refractivity contribution is -0.384. The van der Waals surface area contributed by atoms with Gasteiger partial charge >= 0.3 is 0 Å². The molecule has 188 valence electrons. The molecule has 37 heavy (non-hydrogen) atoms. The van der Waals surface area contributed by atoms with E-state index < -0.39 is 10.8 Å². The Hall–Kier alpha value is -4.09. The summed E-state index contributed by atoms with van der Waals surface area (Å²) in [5.74, 6) is -0.489. The number of thiazole rings is 1. The van der Waals surface area contributed by atoms with Crippen LogP contribution in [0.1, 0.15) is 29.6 Å². The molecule has 0 spiro atoms. The van der Waals surface area contributed by atoms with Gasteiger partial charge < -0.3 is 15.3 Å². The number of para-hydroxylation sites is 1. The molecule has 1 aromatic heterocycles. The van der Waals surface area contributed by atoms with Crippen molar-refractivity contribution in [1.82, 2.24) is 10.3 Å². The van der Waals surface area contributed by atoms with Crippen LogP contribution in [0.25, 0.3) is 20.8 Å². The minimum absolute atomic E-state index is 0.0219. The van der Waals surface area contributed by atoms with E-state index in [9.17, 15) is 20.0 Å². The second-order valence-electron chi connectivity index (χ2n) is 8.64. The molecule has 1 aliphatic rings. The average molecular weight is 534 g/mol. The van der Waals surface area contributed by atoms with E-state index in [0.717, 1.165) is 42.6 Å². The number of aromatic nitrogens is 1. The fourth-order valence-corrected chi connectivity index (χ4v) is 5.52. The van der Waals surface area contributed by atoms with Crippen molar-refractivity contribution in [3.05, 3.63) is 76.3 Å². The summed E-state index contributed by atoms with van der Waals surface area (Å²) in [7, 11) is 0. The van der Waals surface area contributed by atoms with Crippen LogP contribution >= 0.6 is 23.6 Å². The maximum absolute atomic E-state index is 12.8. The first-order valence-corrected chi connectivity index (χ1v) is 13.0. The van der Waals surface area contributed by atoms with Crippen LogP contribution in [0, 0.1) is 10.1 Å². The molecular weight excluding hydrogens is 510 g/mol. The number of fused-ring (bicyclic) bond motifs is 1. The van der Waals surface area contributed by atoms with Crippen LogP contribution in [-0.4, -0.2) is 39.1 Å². The van der Waals surface area contributed by atoms with Gasteiger partial charge in [-0.2, -0.15) is 0 Å². The predicted molar refractivity (Wildman–Crippen MR) is 150 cm³/mol. The van der Waals surface area contributed by atoms with Gasteiger partial charge in [0, 0.05) is 30.4 Å². The van der Waals surface area contributed by atoms with Crippen LogP contribution < -0.4 is 15.5 Å². The summed E-state index contributed by atoms with van der Waals surface area (Å²) in [6.45, 7) is 1.51. The fraction of sp³-hybridized carbons (Fsp3) is 0.192. The summed E-state index contributed by atoms with van der Waals surface area (Å²) in [6.07, 6.45) is 3.08. The van der Waals surface area contributed by atoms with Crippen molar-refractivity contribution < 1.29 is 14.8 Å². The lowest BCUT2D eigenvalue weighted by Crippen LogP contribution is -2.34. The van der Waals surface area contributed by atoms with E-state index in [1.54, 1.807) is 24.3 Å². The molecule has 4 aromatic rings. The van der Waals surface area contributed by atoms with Crippen LogP contribution in [0.5, 0.6) is 5.75 Å². The number of nitrogens with zero attached hydrogens (tertiary/aromatic N) is 3. The number of anilines is 2. The minimum atomic E-state index is -0.559. The number of rotatable bonds is 5. The Morgan fingerprint density at radius 1 is 1.08 bits per heavy atom. The highest BCUT2D eigenvalue weighted by molar-refractivity contribution is 7.80. The number of hydrogen-bond donors (Lipinski definition) is 3. The van der Waals surface area contributed by atoms with Crippen LogP contribution in [-0.2, 0) is 0 Å². The van der Waals surface area contributed by atoms with Crippen molar-refractivity contribution in [3.63, 3.8) is 0 Å². The second-order valence-corrected chi connectivity index (χ2v) is 10.1. The highest BCUT2D eigenvalue weighted by atomic mass is 32.1. The first-order valence-electron chi connectivity index (χ1n) is 11.7. The molecule has 0 saturated carbocycles. The van der Waals surface area contributed by atoms with E-state index in [-0.39, 0.29) is 22.1 Å². The summed E-state index contributed by atoms with van der Waals surface area (Å²) in [4.78, 5) is 30.7. The Labute approximate surface area is 221 Å². The van der Waals surface area contributed by atoms with Gasteiger partial charge in [0.2, 0.25) is 0 Å². The van der Waals surface area contributed by atoms with Crippen LogP contribution in [0.2, 0.25) is 0 Å². The molecule has 0 aliphatic carbocycles. The zero-order chi connectivity index (χ0) is 25.9. The van der Waals surface area contributed by atoms with Crippen molar-refractivity contribution in [2.75, 3.05) is 23.3 Å². The SMILES string of the molecule is O=C(NC(=S)Nc1ccc(O)c(-c2nc3ccccc3s2)c1)c1ccc(N2CCCCC2)c([N+](=O)[O-])c1. The van der Waals surface area contributed by atoms with Gasteiger partial charge in [-0.15, -0.1) is 11.3 Å². The summed E-state index contributed by atoms with van der Waals surface area (Å²) in [5, 5.41) is 28.3. The molecule has 2 heterocycles. The van der Waals surface area contributed by atoms with Gasteiger partial charge in [0.15, 0.2) is 5.11 Å². The zero-order valence-electron chi connectivity index (χ0n) is 19.6. The molecule has 11 heteroatoms. The molecule has 3 aromatic carbocycles. The molecule has 9 nitrogen and oxygen atoms in total. The van der Waals surface area contributed by atoms with E-state index >= 15 is 0 Å². The van der Waals surface area contributed by atoms with E-state index in [4.69, 9.17) is 12.2 Å². The summed E-state index contributed by atoms with van der Waals surface area (Å²) < 4.78 is 0.999. The third-order valence-electron chi connectivity index (χ3n) is 6.14. The summed E-state index contributed by atoms with van der Waals surface area (Å²) in [5.41, 5.74) is 2.47. The Kier molecular flexibility index (Phi) is 6.97. The molecule has 1 amide bonds. The molecule has 0 radical (unpaired) electrons. The smallest absolute Gasteiger partial charge is 0.293 e. The Morgan fingerprint density at radius 2 is 1.86 bits per heavy atom. The summed E-state index contributed by atoms with van der Waals surface area (Å²) >= 11 is 6.76. The van der Waals surface area contributed by atoms with Gasteiger partial charge in [-0.05, 0) is 73.9 Å². The molecular formula is C26H23N5O4S2. The Bertz CT molecular complexity index is 1480. The fourth-order valence-electron chi connectivity index (χ4n) is 4.32. The van der Waals surface area contributed by atoms with Gasteiger partial charge in [0.25, 0.3) is 11.6 Å². The molecule has 3 N–H and O–H groups in total. The van der Waals surface area contributed by atoms with Crippen molar-refractivity contribution in [2.24, 2.45) is 0 Å². The second kappa shape index (κ2) is 10.5. The largest absolute Gasteiger partial charge is 0.507 e. The quantitative estimate of drug-likeness (QED) is 0.129. The zero-order valence-corrected chi connectivity index (χ0v) is 21.3. The van der Waals surface area contributed by atoms with Crippen molar-refractivity contribution in [1.29, 1.82) is 0 Å². The van der Waals surface area contributed by atoms with Crippen molar-refractivity contribution in [2.45, 2.75) is 19.3 Å². The van der Waals surface area contributed by atoms with E-state index in [2.05, 4.69) is 15.6 Å². The van der Waals surface area contributed by atoms with E-state index in [1.807, 2.05) is 29.2 Å². The number of phenols is 1. The maximum Gasteiger partial charge on any atom is 0.293 e. The first kappa shape index (κ1) is 24.6. The van der Waals surface area contributed by atoms with Gasteiger partial charge in [-0.3, -0.25) is 20.2 Å². The number of benzene rings is 3. The van der Waals surface area contributed by atoms with E-state index in [0.29, 0.717) is 21.9 Å². The number of carbonyl (C=O) groups excluding carboxylic acids is 1. The van der Waals surface area contributed by atoms with Crippen LogP contribution in [0.4, 0.5) is 17.1 Å². The van der Waals surface area contributed by atoms with Gasteiger partial charge in [0.1, 0.15) is 16.4 Å². The number of aromatic hydroxyl groups is 1. The Balaban J connectivity index is 1.30. The maximum atomic E-state index is 12.8. The number of piperidine rings is 1. The van der Waals surface area contributed by atoms with Gasteiger partial charge in [-0.25, -0.2) is 4.98 Å². The minimum Gasteiger partial charge on any atom is -0.507 e. The van der Waals surface area contributed by atoms with Gasteiger partial charge in [0.05, 0.1) is 20.7 Å². The molecule has 0 unspecified atom stereocenters. The highest BCUT2D eigenvalue weighted by Gasteiger charge is 2.23. The Morgan fingerprint density at radius 3 is 2.62 bits per heavy atom. The molecule has 1 aliphatic heterocycles. The van der Waals surface area contributed by atoms with Crippen LogP contribution in [0.15, 0.2) is 60.7 Å². The number of nitrogens with one attached hydrogen (secondary N) is 2. The van der Waals surface area contributed by atoms with Crippen molar-refractivity contribution >= 4 is 61.9 Å². The molecule has 1 saturated heterocycles. The van der Waals surface area contributed by atoms with Gasteiger partial charge in [-0.1, -0.05) is 12.1 Å². The number of nitro groups is 1. The third kappa shape index (κ3) is 5.37. The molecule has 0 bridgehead atoms. The standard InChI is InChI=1S/C26H23N5O4S2/c32-22-11-9-17(15-18(22)25-28-19-6-2-3-7-23(19)37-25)27-26(36)29-24(33)16-8-10-20(21(14-16)31(34)35)30-12-4-1-5-13-30/h2-3,6-11,14-15,32H,1,4-5,12-13H2,(H2,27,29,33,36). The molecule has 0 atom stereocenters. The number of nitro benzene ring substituents is 1. The molecule has 1 fully saturated rings. The lowest BCUT2D eigenvalue weighted by Gasteiger charge is -2.28.